The van der Waals surface area contributed by atoms with Gasteiger partial charge in [-0.2, -0.15) is 5.10 Å². The van der Waals surface area contributed by atoms with E-state index in [2.05, 4.69) is 15.1 Å². The van der Waals surface area contributed by atoms with Crippen LogP contribution in [-0.4, -0.2) is 33.2 Å². The molecule has 0 radical (unpaired) electrons. The average molecular weight is 329 g/mol. The molecule has 122 valence electrons. The SMILES string of the molecule is COc1ncc(F)cc1C1=CCCN1c1nc2ccnn2cc1F. The molecule has 0 fully saturated rings. The van der Waals surface area contributed by atoms with Gasteiger partial charge in [-0.05, 0) is 12.5 Å². The first-order chi connectivity index (χ1) is 11.7. The minimum atomic E-state index is -0.512. The molecule has 0 saturated heterocycles. The van der Waals surface area contributed by atoms with Gasteiger partial charge in [-0.1, -0.05) is 6.08 Å². The van der Waals surface area contributed by atoms with Crippen molar-refractivity contribution in [3.8, 4) is 5.88 Å². The highest BCUT2D eigenvalue weighted by atomic mass is 19.1. The zero-order valence-corrected chi connectivity index (χ0v) is 12.8. The van der Waals surface area contributed by atoms with Gasteiger partial charge in [0.2, 0.25) is 5.88 Å². The number of hydrogen-bond acceptors (Lipinski definition) is 5. The van der Waals surface area contributed by atoms with Gasteiger partial charge in [-0.3, -0.25) is 0 Å². The first-order valence-corrected chi connectivity index (χ1v) is 7.35. The topological polar surface area (TPSA) is 55.5 Å². The molecule has 0 aromatic carbocycles. The van der Waals surface area contributed by atoms with Crippen LogP contribution >= 0.6 is 0 Å². The number of anilines is 1. The van der Waals surface area contributed by atoms with Crippen LogP contribution < -0.4 is 9.64 Å². The molecule has 24 heavy (non-hydrogen) atoms. The Hall–Kier alpha value is -3.03. The zero-order chi connectivity index (χ0) is 16.7. The molecule has 3 aromatic heterocycles. The quantitative estimate of drug-likeness (QED) is 0.739. The molecule has 0 amide bonds. The zero-order valence-electron chi connectivity index (χ0n) is 12.8. The van der Waals surface area contributed by atoms with E-state index in [9.17, 15) is 8.78 Å². The molecule has 8 heteroatoms. The standard InChI is InChI=1S/C16H13F2N5O/c1-24-16-11(7-10(17)8-19-16)13-3-2-6-22(13)15-12(18)9-23-14(21-15)4-5-20-23/h3-5,7-9H,2,6H2,1H3. The maximum Gasteiger partial charge on any atom is 0.222 e. The molecule has 0 unspecified atom stereocenters. The Balaban J connectivity index is 1.82. The van der Waals surface area contributed by atoms with E-state index in [0.29, 0.717) is 29.9 Å². The van der Waals surface area contributed by atoms with E-state index in [1.807, 2.05) is 6.08 Å². The van der Waals surface area contributed by atoms with E-state index in [1.54, 1.807) is 17.2 Å². The molecule has 0 saturated carbocycles. The highest BCUT2D eigenvalue weighted by Crippen LogP contribution is 2.35. The van der Waals surface area contributed by atoms with E-state index in [-0.39, 0.29) is 11.7 Å². The van der Waals surface area contributed by atoms with Crippen molar-refractivity contribution in [1.82, 2.24) is 19.6 Å². The van der Waals surface area contributed by atoms with Gasteiger partial charge in [0, 0.05) is 12.6 Å². The van der Waals surface area contributed by atoms with E-state index >= 15 is 0 Å². The van der Waals surface area contributed by atoms with Crippen molar-refractivity contribution in [3.05, 3.63) is 54.0 Å². The van der Waals surface area contributed by atoms with E-state index in [1.165, 1.54) is 23.9 Å². The number of methoxy groups -OCH3 is 1. The molecular weight excluding hydrogens is 316 g/mol. The monoisotopic (exact) mass is 329 g/mol. The van der Waals surface area contributed by atoms with Crippen LogP contribution in [0, 0.1) is 11.6 Å². The fourth-order valence-corrected chi connectivity index (χ4v) is 2.82. The molecule has 4 heterocycles. The molecule has 0 spiro atoms. The third-order valence-corrected chi connectivity index (χ3v) is 3.84. The molecule has 4 rings (SSSR count). The molecule has 0 bridgehead atoms. The molecule has 0 atom stereocenters. The molecular formula is C16H13F2N5O. The van der Waals surface area contributed by atoms with Crippen LogP contribution in [0.3, 0.4) is 0 Å². The van der Waals surface area contributed by atoms with Crippen molar-refractivity contribution in [2.45, 2.75) is 6.42 Å². The van der Waals surface area contributed by atoms with Crippen LogP contribution in [0.15, 0.2) is 36.8 Å². The van der Waals surface area contributed by atoms with E-state index in [4.69, 9.17) is 4.74 Å². The van der Waals surface area contributed by atoms with Gasteiger partial charge in [0.25, 0.3) is 0 Å². The third kappa shape index (κ3) is 2.27. The van der Waals surface area contributed by atoms with Crippen molar-refractivity contribution in [2.24, 2.45) is 0 Å². The maximum absolute atomic E-state index is 14.5. The van der Waals surface area contributed by atoms with Gasteiger partial charge in [0.15, 0.2) is 17.3 Å². The van der Waals surface area contributed by atoms with Crippen LogP contribution in [0.2, 0.25) is 0 Å². The predicted molar refractivity (Wildman–Crippen MR) is 83.6 cm³/mol. The first kappa shape index (κ1) is 14.6. The Morgan fingerprint density at radius 2 is 2.17 bits per heavy atom. The lowest BCUT2D eigenvalue weighted by Crippen LogP contribution is -2.21. The highest BCUT2D eigenvalue weighted by Gasteiger charge is 2.26. The third-order valence-electron chi connectivity index (χ3n) is 3.84. The Morgan fingerprint density at radius 1 is 1.29 bits per heavy atom. The Labute approximate surface area is 136 Å². The highest BCUT2D eigenvalue weighted by molar-refractivity contribution is 5.82. The minimum absolute atomic E-state index is 0.165. The smallest absolute Gasteiger partial charge is 0.222 e. The summed E-state index contributed by atoms with van der Waals surface area (Å²) in [5.41, 5.74) is 1.61. The average Bonchev–Trinajstić information content (AvgIpc) is 3.22. The van der Waals surface area contributed by atoms with Crippen molar-refractivity contribution >= 4 is 17.2 Å². The number of ether oxygens (including phenoxy) is 1. The minimum Gasteiger partial charge on any atom is -0.481 e. The van der Waals surface area contributed by atoms with Gasteiger partial charge in [-0.25, -0.2) is 23.3 Å². The van der Waals surface area contributed by atoms with Crippen molar-refractivity contribution in [2.75, 3.05) is 18.6 Å². The van der Waals surface area contributed by atoms with Crippen LogP contribution in [0.4, 0.5) is 14.6 Å². The van der Waals surface area contributed by atoms with Crippen LogP contribution in [0.1, 0.15) is 12.0 Å². The molecule has 0 aliphatic carbocycles. The van der Waals surface area contributed by atoms with Crippen LogP contribution in [0.25, 0.3) is 11.3 Å². The number of rotatable bonds is 3. The fourth-order valence-electron chi connectivity index (χ4n) is 2.82. The molecule has 1 aliphatic heterocycles. The number of halogens is 2. The molecule has 6 nitrogen and oxygen atoms in total. The Morgan fingerprint density at radius 3 is 3.00 bits per heavy atom. The summed E-state index contributed by atoms with van der Waals surface area (Å²) in [7, 11) is 1.46. The summed E-state index contributed by atoms with van der Waals surface area (Å²) in [4.78, 5) is 9.96. The lowest BCUT2D eigenvalue weighted by atomic mass is 10.2. The first-order valence-electron chi connectivity index (χ1n) is 7.35. The number of fused-ring (bicyclic) bond motifs is 1. The summed E-state index contributed by atoms with van der Waals surface area (Å²) in [5, 5.41) is 3.96. The van der Waals surface area contributed by atoms with Crippen molar-refractivity contribution in [1.29, 1.82) is 0 Å². The second-order valence-corrected chi connectivity index (χ2v) is 5.29. The lowest BCUT2D eigenvalue weighted by molar-refractivity contribution is 0.394. The molecule has 3 aromatic rings. The van der Waals surface area contributed by atoms with Gasteiger partial charge in [0.05, 0.1) is 37.0 Å². The fraction of sp³-hybridized carbons (Fsp3) is 0.188. The van der Waals surface area contributed by atoms with Crippen molar-refractivity contribution in [3.63, 3.8) is 0 Å². The van der Waals surface area contributed by atoms with Crippen molar-refractivity contribution < 1.29 is 13.5 Å². The molecule has 1 aliphatic rings. The number of pyridine rings is 1. The van der Waals surface area contributed by atoms with Crippen LogP contribution in [0.5, 0.6) is 5.88 Å². The second kappa shape index (κ2) is 5.55. The largest absolute Gasteiger partial charge is 0.481 e. The van der Waals surface area contributed by atoms with E-state index < -0.39 is 11.6 Å². The van der Waals surface area contributed by atoms with Gasteiger partial charge in [-0.15, -0.1) is 0 Å². The summed E-state index contributed by atoms with van der Waals surface area (Å²) in [6.45, 7) is 0.531. The number of nitrogens with zero attached hydrogens (tertiary/aromatic N) is 5. The Kier molecular flexibility index (Phi) is 3.37. The molecule has 0 N–H and O–H groups in total. The van der Waals surface area contributed by atoms with Gasteiger partial charge >= 0.3 is 0 Å². The summed E-state index contributed by atoms with van der Waals surface area (Å²) in [6, 6.07) is 3.01. The number of hydrogen-bond donors (Lipinski definition) is 0. The summed E-state index contributed by atoms with van der Waals surface area (Å²) < 4.78 is 34.7. The predicted octanol–water partition coefficient (Wildman–Crippen LogP) is 2.66. The maximum atomic E-state index is 14.5. The lowest BCUT2D eigenvalue weighted by Gasteiger charge is -2.23. The van der Waals surface area contributed by atoms with E-state index in [0.717, 1.165) is 6.20 Å². The summed E-state index contributed by atoms with van der Waals surface area (Å²) >= 11 is 0. The van der Waals surface area contributed by atoms with Crippen LogP contribution in [-0.2, 0) is 0 Å². The van der Waals surface area contributed by atoms with Gasteiger partial charge in [0.1, 0.15) is 5.82 Å². The number of aromatic nitrogens is 4. The Bertz CT molecular complexity index is 953. The van der Waals surface area contributed by atoms with Gasteiger partial charge < -0.3 is 9.64 Å². The summed E-state index contributed by atoms with van der Waals surface area (Å²) in [6.07, 6.45) is 6.47. The second-order valence-electron chi connectivity index (χ2n) is 5.29. The normalized spacial score (nSPS) is 14.3. The summed E-state index contributed by atoms with van der Waals surface area (Å²) in [5.74, 6) is -0.556.